The van der Waals surface area contributed by atoms with Crippen LogP contribution in [0.4, 0.5) is 0 Å². The van der Waals surface area contributed by atoms with Crippen LogP contribution in [0.25, 0.3) is 0 Å². The molecule has 3 fully saturated rings. The van der Waals surface area contributed by atoms with Crippen LogP contribution in [-0.2, 0) is 9.84 Å². The highest BCUT2D eigenvalue weighted by atomic mass is 127. The smallest absolute Gasteiger partial charge is 0.194 e. The van der Waals surface area contributed by atoms with E-state index in [0.717, 1.165) is 38.6 Å². The molecule has 0 aromatic rings. The topological polar surface area (TPSA) is 65.0 Å². The zero-order valence-electron chi connectivity index (χ0n) is 16.8. The van der Waals surface area contributed by atoms with Gasteiger partial charge >= 0.3 is 0 Å². The fraction of sp³-hybridized carbons (Fsp3) is 0.850. The van der Waals surface area contributed by atoms with Gasteiger partial charge in [0.05, 0.1) is 11.5 Å². The van der Waals surface area contributed by atoms with Crippen LogP contribution >= 0.6 is 24.0 Å². The van der Waals surface area contributed by atoms with Gasteiger partial charge in [0.1, 0.15) is 0 Å². The van der Waals surface area contributed by atoms with E-state index in [4.69, 9.17) is 4.99 Å². The Bertz CT molecular complexity index is 668. The summed E-state index contributed by atoms with van der Waals surface area (Å²) in [5.41, 5.74) is 0. The molecule has 4 aliphatic rings. The second-order valence-electron chi connectivity index (χ2n) is 8.73. The van der Waals surface area contributed by atoms with Crippen molar-refractivity contribution in [1.29, 1.82) is 0 Å². The largest absolute Gasteiger partial charge is 0.354 e. The molecule has 0 aromatic carbocycles. The molecule has 0 bridgehead atoms. The van der Waals surface area contributed by atoms with Gasteiger partial charge in [-0.25, -0.2) is 8.42 Å². The van der Waals surface area contributed by atoms with Crippen molar-refractivity contribution >= 4 is 39.8 Å². The molecule has 0 amide bonds. The van der Waals surface area contributed by atoms with Gasteiger partial charge in [-0.3, -0.25) is 9.89 Å². The lowest BCUT2D eigenvalue weighted by Crippen LogP contribution is -2.47. The van der Waals surface area contributed by atoms with Crippen LogP contribution in [0.5, 0.6) is 0 Å². The highest BCUT2D eigenvalue weighted by Gasteiger charge is 2.32. The van der Waals surface area contributed by atoms with Gasteiger partial charge in [0.2, 0.25) is 0 Å². The number of nitrogens with zero attached hydrogens (tertiary/aromatic N) is 3. The number of aliphatic imine (C=N–C) groups is 1. The van der Waals surface area contributed by atoms with Gasteiger partial charge < -0.3 is 10.2 Å². The minimum atomic E-state index is -2.83. The maximum absolute atomic E-state index is 11.8. The van der Waals surface area contributed by atoms with E-state index < -0.39 is 9.84 Å². The van der Waals surface area contributed by atoms with Crippen molar-refractivity contribution < 1.29 is 8.42 Å². The maximum Gasteiger partial charge on any atom is 0.194 e. The van der Waals surface area contributed by atoms with E-state index >= 15 is 0 Å². The fourth-order valence-electron chi connectivity index (χ4n) is 4.92. The molecule has 2 saturated heterocycles. The summed E-state index contributed by atoms with van der Waals surface area (Å²) in [6.07, 6.45) is 12.9. The average Bonchev–Trinajstić information content (AvgIpc) is 3.40. The third-order valence-corrected chi connectivity index (χ3v) is 8.43. The molecular formula is C20H35IN4O2S. The zero-order valence-corrected chi connectivity index (χ0v) is 19.9. The van der Waals surface area contributed by atoms with Gasteiger partial charge in [0.25, 0.3) is 0 Å². The van der Waals surface area contributed by atoms with E-state index in [2.05, 4.69) is 27.3 Å². The minimum Gasteiger partial charge on any atom is -0.354 e. The summed E-state index contributed by atoms with van der Waals surface area (Å²) in [7, 11) is -2.83. The fourth-order valence-corrected chi connectivity index (χ4v) is 6.77. The van der Waals surface area contributed by atoms with Crippen molar-refractivity contribution in [2.24, 2.45) is 10.9 Å². The van der Waals surface area contributed by atoms with Crippen LogP contribution < -0.4 is 5.32 Å². The Hall–Kier alpha value is -0.350. The van der Waals surface area contributed by atoms with Crippen LogP contribution in [0.15, 0.2) is 17.1 Å². The van der Waals surface area contributed by atoms with Crippen molar-refractivity contribution in [1.82, 2.24) is 15.1 Å². The number of guanidine groups is 1. The molecule has 3 heterocycles. The molecule has 3 aliphatic heterocycles. The van der Waals surface area contributed by atoms with Gasteiger partial charge in [-0.15, -0.1) is 24.0 Å². The first kappa shape index (κ1) is 22.3. The van der Waals surface area contributed by atoms with E-state index in [1.165, 1.54) is 38.5 Å². The Labute approximate surface area is 187 Å². The molecule has 2 atom stereocenters. The Morgan fingerprint density at radius 1 is 1.07 bits per heavy atom. The molecule has 28 heavy (non-hydrogen) atoms. The molecule has 0 spiro atoms. The highest BCUT2D eigenvalue weighted by molar-refractivity contribution is 14.0. The van der Waals surface area contributed by atoms with Crippen LogP contribution in [0.3, 0.4) is 0 Å². The van der Waals surface area contributed by atoms with E-state index in [0.29, 0.717) is 30.1 Å². The Morgan fingerprint density at radius 2 is 1.82 bits per heavy atom. The minimum absolute atomic E-state index is 0. The predicted octanol–water partition coefficient (Wildman–Crippen LogP) is 2.26. The van der Waals surface area contributed by atoms with Crippen molar-refractivity contribution in [3.8, 4) is 0 Å². The molecule has 6 nitrogen and oxygen atoms in total. The van der Waals surface area contributed by atoms with Crippen molar-refractivity contribution in [2.45, 2.75) is 57.0 Å². The van der Waals surface area contributed by atoms with E-state index in [1.807, 2.05) is 0 Å². The lowest BCUT2D eigenvalue weighted by Gasteiger charge is -2.30. The quantitative estimate of drug-likeness (QED) is 0.266. The van der Waals surface area contributed by atoms with Crippen LogP contribution in [-0.4, -0.2) is 80.5 Å². The number of sulfone groups is 1. The molecule has 0 radical (unpaired) electrons. The average molecular weight is 522 g/mol. The summed E-state index contributed by atoms with van der Waals surface area (Å²) in [5.74, 6) is 1.88. The van der Waals surface area contributed by atoms with Gasteiger partial charge in [-0.1, -0.05) is 31.4 Å². The lowest BCUT2D eigenvalue weighted by molar-refractivity contribution is 0.258. The SMILES string of the molecule is I.O=S1(=O)CCC(CN=C(NC2CCCCC2)N2CCC(N3CC=CC3)C2)C1. The van der Waals surface area contributed by atoms with Crippen molar-refractivity contribution in [3.63, 3.8) is 0 Å². The first-order valence-corrected chi connectivity index (χ1v) is 12.6. The predicted molar refractivity (Wildman–Crippen MR) is 125 cm³/mol. The third kappa shape index (κ3) is 5.84. The van der Waals surface area contributed by atoms with Gasteiger partial charge in [-0.05, 0) is 31.6 Å². The van der Waals surface area contributed by atoms with Crippen LogP contribution in [0.1, 0.15) is 44.9 Å². The molecule has 2 unspecified atom stereocenters. The Morgan fingerprint density at radius 3 is 2.50 bits per heavy atom. The zero-order chi connectivity index (χ0) is 18.7. The molecule has 160 valence electrons. The molecule has 1 N–H and O–H groups in total. The van der Waals surface area contributed by atoms with E-state index in [-0.39, 0.29) is 29.9 Å². The highest BCUT2D eigenvalue weighted by Crippen LogP contribution is 2.22. The van der Waals surface area contributed by atoms with Gasteiger partial charge in [0, 0.05) is 44.8 Å². The number of hydrogen-bond acceptors (Lipinski definition) is 4. The second-order valence-corrected chi connectivity index (χ2v) is 11.0. The summed E-state index contributed by atoms with van der Waals surface area (Å²) in [6.45, 7) is 4.86. The molecule has 4 rings (SSSR count). The number of rotatable bonds is 4. The lowest BCUT2D eigenvalue weighted by atomic mass is 9.96. The van der Waals surface area contributed by atoms with Crippen molar-refractivity contribution in [3.05, 3.63) is 12.2 Å². The summed E-state index contributed by atoms with van der Waals surface area (Å²) in [4.78, 5) is 9.90. The first-order chi connectivity index (χ1) is 13.1. The van der Waals surface area contributed by atoms with Crippen LogP contribution in [0.2, 0.25) is 0 Å². The Balaban J connectivity index is 0.00000225. The summed E-state index contributed by atoms with van der Waals surface area (Å²) >= 11 is 0. The normalized spacial score (nSPS) is 31.3. The van der Waals surface area contributed by atoms with Gasteiger partial charge in [0.15, 0.2) is 15.8 Å². The van der Waals surface area contributed by atoms with E-state index in [9.17, 15) is 8.42 Å². The molecule has 1 aliphatic carbocycles. The van der Waals surface area contributed by atoms with Crippen molar-refractivity contribution in [2.75, 3.05) is 44.2 Å². The number of likely N-dealkylation sites (tertiary alicyclic amines) is 1. The standard InChI is InChI=1S/C20H34N4O2S.HI/c25-27(26)13-9-17(16-27)14-21-20(22-18-6-2-1-3-7-18)24-12-8-19(15-24)23-10-4-5-11-23;/h4-5,17-19H,1-3,6-16H2,(H,21,22);1H. The molecule has 8 heteroatoms. The number of nitrogens with one attached hydrogen (secondary N) is 1. The number of halogens is 1. The number of hydrogen-bond donors (Lipinski definition) is 1. The summed E-state index contributed by atoms with van der Waals surface area (Å²) < 4.78 is 23.5. The Kier molecular flexibility index (Phi) is 8.06. The monoisotopic (exact) mass is 522 g/mol. The molecular weight excluding hydrogens is 487 g/mol. The van der Waals surface area contributed by atoms with Gasteiger partial charge in [-0.2, -0.15) is 0 Å². The van der Waals surface area contributed by atoms with Crippen LogP contribution in [0, 0.1) is 5.92 Å². The first-order valence-electron chi connectivity index (χ1n) is 10.7. The van der Waals surface area contributed by atoms with E-state index in [1.54, 1.807) is 0 Å². The second kappa shape index (κ2) is 10.1. The third-order valence-electron chi connectivity index (χ3n) is 6.59. The summed E-state index contributed by atoms with van der Waals surface area (Å²) in [5, 5.41) is 3.75. The maximum atomic E-state index is 11.8. The molecule has 0 aromatic heterocycles. The summed E-state index contributed by atoms with van der Waals surface area (Å²) in [6, 6.07) is 1.13. The molecule has 1 saturated carbocycles.